The lowest BCUT2D eigenvalue weighted by molar-refractivity contribution is 0.595. The zero-order valence-electron chi connectivity index (χ0n) is 17.1. The second-order valence-electron chi connectivity index (χ2n) is 6.84. The number of halogens is 1. The SMILES string of the molecule is CNS(=O)(=O)/C=C1\C=CC=C(Nc2nc(Nc3ccc(C)c(S(N)(=O)=O)c3)ncc2F)C1. The minimum Gasteiger partial charge on any atom is -0.341 e. The number of nitrogens with one attached hydrogen (secondary N) is 3. The summed E-state index contributed by atoms with van der Waals surface area (Å²) in [6.07, 6.45) is 6.08. The predicted octanol–water partition coefficient (Wildman–Crippen LogP) is 2.00. The number of sulfonamides is 2. The van der Waals surface area contributed by atoms with Crippen LogP contribution in [0.4, 0.5) is 21.8 Å². The normalized spacial score (nSPS) is 15.5. The fraction of sp³-hybridized carbons (Fsp3) is 0.158. The number of aromatic nitrogens is 2. The Labute approximate surface area is 185 Å². The molecule has 1 aliphatic carbocycles. The van der Waals surface area contributed by atoms with Crippen molar-refractivity contribution in [2.45, 2.75) is 18.2 Å². The lowest BCUT2D eigenvalue weighted by atomic mass is 10.1. The van der Waals surface area contributed by atoms with Gasteiger partial charge in [0.1, 0.15) is 0 Å². The number of primary sulfonamides is 1. The van der Waals surface area contributed by atoms with Crippen LogP contribution in [-0.2, 0) is 20.0 Å². The monoisotopic (exact) mass is 480 g/mol. The van der Waals surface area contributed by atoms with Crippen LogP contribution in [0.5, 0.6) is 0 Å². The van der Waals surface area contributed by atoms with E-state index in [-0.39, 0.29) is 23.1 Å². The first-order chi connectivity index (χ1) is 15.0. The summed E-state index contributed by atoms with van der Waals surface area (Å²) in [6, 6.07) is 4.51. The van der Waals surface area contributed by atoms with E-state index in [1.165, 1.54) is 13.1 Å². The fourth-order valence-corrected chi connectivity index (χ4v) is 4.32. The molecule has 0 unspecified atom stereocenters. The van der Waals surface area contributed by atoms with Crippen molar-refractivity contribution in [2.75, 3.05) is 17.7 Å². The van der Waals surface area contributed by atoms with Crippen molar-refractivity contribution in [1.82, 2.24) is 14.7 Å². The third kappa shape index (κ3) is 5.97. The van der Waals surface area contributed by atoms with E-state index in [2.05, 4.69) is 25.3 Å². The number of hydrogen-bond donors (Lipinski definition) is 4. The highest BCUT2D eigenvalue weighted by Crippen LogP contribution is 2.24. The second-order valence-corrected chi connectivity index (χ2v) is 10.1. The predicted molar refractivity (Wildman–Crippen MR) is 119 cm³/mol. The summed E-state index contributed by atoms with van der Waals surface area (Å²) in [7, 11) is -6.18. The van der Waals surface area contributed by atoms with Crippen LogP contribution < -0.4 is 20.5 Å². The van der Waals surface area contributed by atoms with Crippen LogP contribution in [0.1, 0.15) is 12.0 Å². The molecule has 2 aromatic rings. The quantitative estimate of drug-likeness (QED) is 0.469. The summed E-state index contributed by atoms with van der Waals surface area (Å²) in [6.45, 7) is 1.61. The second kappa shape index (κ2) is 9.16. The smallest absolute Gasteiger partial charge is 0.238 e. The Hall–Kier alpha value is -3.13. The van der Waals surface area contributed by atoms with Crippen LogP contribution in [0.15, 0.2) is 64.2 Å². The van der Waals surface area contributed by atoms with Gasteiger partial charge in [-0.3, -0.25) is 0 Å². The van der Waals surface area contributed by atoms with Crippen molar-refractivity contribution in [3.8, 4) is 0 Å². The Morgan fingerprint density at radius 2 is 1.94 bits per heavy atom. The molecule has 0 saturated heterocycles. The van der Waals surface area contributed by atoms with Crippen LogP contribution in [0.2, 0.25) is 0 Å². The van der Waals surface area contributed by atoms with Gasteiger partial charge in [0.2, 0.25) is 26.0 Å². The molecule has 5 N–H and O–H groups in total. The van der Waals surface area contributed by atoms with Gasteiger partial charge in [0.05, 0.1) is 11.1 Å². The van der Waals surface area contributed by atoms with Crippen LogP contribution in [0.3, 0.4) is 0 Å². The van der Waals surface area contributed by atoms with Gasteiger partial charge in [-0.25, -0.2) is 36.1 Å². The van der Waals surface area contributed by atoms with Crippen LogP contribution >= 0.6 is 0 Å². The Bertz CT molecular complexity index is 1350. The molecule has 0 saturated carbocycles. The molecule has 0 amide bonds. The first-order valence-corrected chi connectivity index (χ1v) is 12.3. The number of benzene rings is 1. The standard InChI is InChI=1S/C19H21FN6O4S2/c1-12-6-7-15(9-17(12)32(21,29)30)25-19-23-10-16(20)18(26-19)24-14-5-3-4-13(8-14)11-31(27,28)22-2/h3-7,9-11,22H,8H2,1-2H3,(H2,21,29,30)(H2,23,24,25,26)/b13-11+. The van der Waals surface area contributed by atoms with Crippen LogP contribution in [-0.4, -0.2) is 33.9 Å². The molecule has 0 fully saturated rings. The van der Waals surface area contributed by atoms with E-state index in [0.717, 1.165) is 11.6 Å². The highest BCUT2D eigenvalue weighted by molar-refractivity contribution is 7.92. The molecule has 0 bridgehead atoms. The number of hydrogen-bond acceptors (Lipinski definition) is 8. The van der Waals surface area contributed by atoms with Crippen molar-refractivity contribution < 1.29 is 21.2 Å². The van der Waals surface area contributed by atoms with Crippen molar-refractivity contribution in [2.24, 2.45) is 5.14 Å². The first kappa shape index (κ1) is 23.5. The summed E-state index contributed by atoms with van der Waals surface area (Å²) >= 11 is 0. The Balaban J connectivity index is 1.82. The summed E-state index contributed by atoms with van der Waals surface area (Å²) in [4.78, 5) is 7.90. The summed E-state index contributed by atoms with van der Waals surface area (Å²) in [5, 5.41) is 11.9. The fourth-order valence-electron chi connectivity index (χ4n) is 2.83. The van der Waals surface area contributed by atoms with Gasteiger partial charge in [-0.2, -0.15) is 4.98 Å². The van der Waals surface area contributed by atoms with E-state index < -0.39 is 25.9 Å². The molecular formula is C19H21FN6O4S2. The molecule has 32 heavy (non-hydrogen) atoms. The van der Waals surface area contributed by atoms with E-state index in [4.69, 9.17) is 5.14 Å². The van der Waals surface area contributed by atoms with Crippen LogP contribution in [0.25, 0.3) is 0 Å². The maximum absolute atomic E-state index is 14.3. The van der Waals surface area contributed by atoms with E-state index in [1.54, 1.807) is 37.3 Å². The van der Waals surface area contributed by atoms with Gasteiger partial charge in [0, 0.05) is 23.2 Å². The maximum atomic E-state index is 14.3. The lowest BCUT2D eigenvalue weighted by Crippen LogP contribution is -2.16. The first-order valence-electron chi connectivity index (χ1n) is 9.18. The van der Waals surface area contributed by atoms with Crippen molar-refractivity contribution in [3.05, 3.63) is 70.7 Å². The topological polar surface area (TPSA) is 156 Å². The number of allylic oxidation sites excluding steroid dienone is 4. The minimum absolute atomic E-state index is 0.0126. The zero-order chi connectivity index (χ0) is 23.5. The highest BCUT2D eigenvalue weighted by Gasteiger charge is 2.15. The number of aryl methyl sites for hydroxylation is 1. The molecule has 1 heterocycles. The highest BCUT2D eigenvalue weighted by atomic mass is 32.2. The van der Waals surface area contributed by atoms with Gasteiger partial charge in [-0.05, 0) is 43.3 Å². The minimum atomic E-state index is -3.92. The Morgan fingerprint density at radius 3 is 2.62 bits per heavy atom. The molecule has 0 aliphatic heterocycles. The van der Waals surface area contributed by atoms with E-state index in [0.29, 0.717) is 22.5 Å². The summed E-state index contributed by atoms with van der Waals surface area (Å²) < 4.78 is 63.3. The third-order valence-corrected chi connectivity index (χ3v) is 6.60. The number of nitrogens with two attached hydrogens (primary N) is 1. The zero-order valence-corrected chi connectivity index (χ0v) is 18.8. The van der Waals surface area contributed by atoms with Gasteiger partial charge in [-0.15, -0.1) is 0 Å². The molecule has 0 spiro atoms. The molecular weight excluding hydrogens is 459 g/mol. The van der Waals surface area contributed by atoms with Crippen molar-refractivity contribution in [1.29, 1.82) is 0 Å². The Kier molecular flexibility index (Phi) is 6.74. The van der Waals surface area contributed by atoms with Gasteiger partial charge in [-0.1, -0.05) is 18.2 Å². The third-order valence-electron chi connectivity index (χ3n) is 4.37. The number of anilines is 3. The van der Waals surface area contributed by atoms with Crippen molar-refractivity contribution in [3.63, 3.8) is 0 Å². The molecule has 0 radical (unpaired) electrons. The molecule has 1 aromatic carbocycles. The molecule has 0 atom stereocenters. The van der Waals surface area contributed by atoms with Crippen molar-refractivity contribution >= 4 is 37.5 Å². The average molecular weight is 481 g/mol. The average Bonchev–Trinajstić information content (AvgIpc) is 2.71. The van der Waals surface area contributed by atoms with Gasteiger partial charge in [0.25, 0.3) is 0 Å². The van der Waals surface area contributed by atoms with Gasteiger partial charge < -0.3 is 10.6 Å². The largest absolute Gasteiger partial charge is 0.341 e. The van der Waals surface area contributed by atoms with Crippen LogP contribution in [0, 0.1) is 12.7 Å². The molecule has 1 aliphatic rings. The molecule has 3 rings (SSSR count). The summed E-state index contributed by atoms with van der Waals surface area (Å²) in [5.41, 5.74) is 1.83. The molecule has 170 valence electrons. The number of nitrogens with zero attached hydrogens (tertiary/aromatic N) is 2. The van der Waals surface area contributed by atoms with E-state index >= 15 is 0 Å². The maximum Gasteiger partial charge on any atom is 0.238 e. The van der Waals surface area contributed by atoms with E-state index in [9.17, 15) is 21.2 Å². The van der Waals surface area contributed by atoms with E-state index in [1.807, 2.05) is 0 Å². The Morgan fingerprint density at radius 1 is 1.19 bits per heavy atom. The molecule has 1 aromatic heterocycles. The molecule has 13 heteroatoms. The molecule has 10 nitrogen and oxygen atoms in total. The summed E-state index contributed by atoms with van der Waals surface area (Å²) in [5.74, 6) is -0.856. The lowest BCUT2D eigenvalue weighted by Gasteiger charge is -2.15. The number of rotatable bonds is 7. The van der Waals surface area contributed by atoms with Gasteiger partial charge in [0.15, 0.2) is 11.6 Å². The van der Waals surface area contributed by atoms with Gasteiger partial charge >= 0.3 is 0 Å².